The van der Waals surface area contributed by atoms with E-state index in [1.807, 2.05) is 6.08 Å². The van der Waals surface area contributed by atoms with Gasteiger partial charge in [-0.1, -0.05) is 6.08 Å². The van der Waals surface area contributed by atoms with Crippen molar-refractivity contribution >= 4 is 9.84 Å². The van der Waals surface area contributed by atoms with Gasteiger partial charge in [-0.2, -0.15) is 0 Å². The van der Waals surface area contributed by atoms with Crippen molar-refractivity contribution in [3.05, 3.63) is 12.7 Å². The molecule has 0 amide bonds. The Morgan fingerprint density at radius 3 is 2.54 bits per heavy atom. The van der Waals surface area contributed by atoms with E-state index in [1.165, 1.54) is 6.26 Å². The largest absolute Gasteiger partial charge is 0.316 e. The van der Waals surface area contributed by atoms with Crippen LogP contribution in [0, 0.1) is 0 Å². The summed E-state index contributed by atoms with van der Waals surface area (Å²) in [6.45, 7) is 3.62. The van der Waals surface area contributed by atoms with Crippen LogP contribution in [0.25, 0.3) is 0 Å². The maximum atomic E-state index is 11.0. The molecule has 0 aromatic rings. The normalized spacial score (nSPS) is 14.0. The molecule has 1 atom stereocenters. The second kappa shape index (κ2) is 6.16. The van der Waals surface area contributed by atoms with Crippen LogP contribution in [0.5, 0.6) is 0 Å². The van der Waals surface area contributed by atoms with E-state index >= 15 is 0 Å². The van der Waals surface area contributed by atoms with Crippen LogP contribution in [0.2, 0.25) is 0 Å². The molecule has 0 spiro atoms. The molecule has 0 saturated heterocycles. The van der Waals surface area contributed by atoms with Gasteiger partial charge in [0.1, 0.15) is 9.84 Å². The Labute approximate surface area is 81.1 Å². The monoisotopic (exact) mass is 205 g/mol. The summed E-state index contributed by atoms with van der Waals surface area (Å²) in [5, 5.41) is 3.00. The lowest BCUT2D eigenvalue weighted by Gasteiger charge is -2.13. The summed E-state index contributed by atoms with van der Waals surface area (Å²) >= 11 is 0. The number of hydrogen-bond donors (Lipinski definition) is 1. The fraction of sp³-hybridized carbons (Fsp3) is 0.778. The summed E-state index contributed by atoms with van der Waals surface area (Å²) in [6.07, 6.45) is 5.94. The highest BCUT2D eigenvalue weighted by Gasteiger charge is 2.12. The summed E-state index contributed by atoms with van der Waals surface area (Å²) in [5.74, 6) is 0.223. The summed E-state index contributed by atoms with van der Waals surface area (Å²) in [7, 11) is -1.07. The Morgan fingerprint density at radius 2 is 2.15 bits per heavy atom. The molecule has 0 aliphatic heterocycles. The number of rotatable bonds is 7. The van der Waals surface area contributed by atoms with Gasteiger partial charge in [-0.25, -0.2) is 8.42 Å². The van der Waals surface area contributed by atoms with E-state index in [0.29, 0.717) is 0 Å². The van der Waals surface area contributed by atoms with Gasteiger partial charge < -0.3 is 5.32 Å². The van der Waals surface area contributed by atoms with Gasteiger partial charge in [0.25, 0.3) is 0 Å². The van der Waals surface area contributed by atoms with Gasteiger partial charge in [-0.05, 0) is 26.3 Å². The summed E-state index contributed by atoms with van der Waals surface area (Å²) in [4.78, 5) is 0. The van der Waals surface area contributed by atoms with E-state index in [2.05, 4.69) is 11.9 Å². The van der Waals surface area contributed by atoms with Gasteiger partial charge in [0, 0.05) is 12.3 Å². The maximum absolute atomic E-state index is 11.0. The van der Waals surface area contributed by atoms with Crippen LogP contribution >= 0.6 is 0 Å². The van der Waals surface area contributed by atoms with Crippen molar-refractivity contribution in [2.45, 2.75) is 25.3 Å². The van der Waals surface area contributed by atoms with Gasteiger partial charge >= 0.3 is 0 Å². The fourth-order valence-electron chi connectivity index (χ4n) is 1.19. The number of hydrogen-bond acceptors (Lipinski definition) is 3. The predicted molar refractivity (Wildman–Crippen MR) is 56.6 cm³/mol. The number of allylic oxidation sites excluding steroid dienone is 1. The molecule has 0 aliphatic carbocycles. The Balaban J connectivity index is 3.83. The summed E-state index contributed by atoms with van der Waals surface area (Å²) < 4.78 is 21.9. The third-order valence-corrected chi connectivity index (χ3v) is 2.88. The van der Waals surface area contributed by atoms with Crippen molar-refractivity contribution in [1.29, 1.82) is 0 Å². The van der Waals surface area contributed by atoms with Crippen LogP contribution in [0.15, 0.2) is 12.7 Å². The van der Waals surface area contributed by atoms with Crippen molar-refractivity contribution in [2.75, 3.05) is 19.1 Å². The molecule has 0 bridgehead atoms. The molecule has 0 rings (SSSR count). The number of nitrogens with one attached hydrogen (secondary N) is 1. The highest BCUT2D eigenvalue weighted by Crippen LogP contribution is 2.03. The van der Waals surface area contributed by atoms with Crippen molar-refractivity contribution in [2.24, 2.45) is 0 Å². The summed E-state index contributed by atoms with van der Waals surface area (Å²) in [6, 6.07) is 0.0787. The van der Waals surface area contributed by atoms with E-state index in [-0.39, 0.29) is 11.8 Å². The Morgan fingerprint density at radius 1 is 1.54 bits per heavy atom. The van der Waals surface area contributed by atoms with Gasteiger partial charge in [0.2, 0.25) is 0 Å². The second-order valence-corrected chi connectivity index (χ2v) is 5.48. The van der Waals surface area contributed by atoms with E-state index in [1.54, 1.807) is 7.05 Å². The molecular weight excluding hydrogens is 186 g/mol. The third-order valence-electron chi connectivity index (χ3n) is 1.87. The van der Waals surface area contributed by atoms with Crippen LogP contribution in [0.4, 0.5) is 0 Å². The lowest BCUT2D eigenvalue weighted by Crippen LogP contribution is -2.32. The van der Waals surface area contributed by atoms with Gasteiger partial charge in [0.15, 0.2) is 0 Å². The van der Waals surface area contributed by atoms with Crippen LogP contribution in [-0.4, -0.2) is 33.5 Å². The van der Waals surface area contributed by atoms with Crippen molar-refractivity contribution in [1.82, 2.24) is 5.32 Å². The minimum Gasteiger partial charge on any atom is -0.316 e. The minimum absolute atomic E-state index is 0.0787. The molecule has 0 heterocycles. The quantitative estimate of drug-likeness (QED) is 0.498. The smallest absolute Gasteiger partial charge is 0.148 e. The van der Waals surface area contributed by atoms with Gasteiger partial charge in [-0.3, -0.25) is 0 Å². The molecule has 13 heavy (non-hydrogen) atoms. The molecule has 0 radical (unpaired) electrons. The molecule has 78 valence electrons. The molecule has 1 unspecified atom stereocenters. The molecular formula is C9H19NO2S. The molecule has 0 aromatic carbocycles. The molecule has 0 aliphatic rings. The molecule has 1 N–H and O–H groups in total. The zero-order valence-corrected chi connectivity index (χ0v) is 9.23. The average molecular weight is 205 g/mol. The lowest BCUT2D eigenvalue weighted by atomic mass is 10.1. The Hall–Kier alpha value is -0.350. The van der Waals surface area contributed by atoms with Crippen molar-refractivity contribution in [3.8, 4) is 0 Å². The first kappa shape index (κ1) is 12.7. The van der Waals surface area contributed by atoms with Crippen LogP contribution < -0.4 is 5.32 Å². The SMILES string of the molecule is C=CCCCC(CS(C)(=O)=O)NC. The van der Waals surface area contributed by atoms with E-state index in [4.69, 9.17) is 0 Å². The molecule has 0 fully saturated rings. The Bertz CT molecular complexity index is 234. The number of unbranched alkanes of at least 4 members (excludes halogenated alkanes) is 1. The van der Waals surface area contributed by atoms with E-state index in [9.17, 15) is 8.42 Å². The molecule has 0 aromatic heterocycles. The predicted octanol–water partition coefficient (Wildman–Crippen LogP) is 0.975. The van der Waals surface area contributed by atoms with Crippen LogP contribution in [-0.2, 0) is 9.84 Å². The Kier molecular flexibility index (Phi) is 5.99. The molecule has 4 heteroatoms. The van der Waals surface area contributed by atoms with Crippen LogP contribution in [0.1, 0.15) is 19.3 Å². The number of sulfone groups is 1. The zero-order valence-electron chi connectivity index (χ0n) is 8.41. The van der Waals surface area contributed by atoms with Crippen LogP contribution in [0.3, 0.4) is 0 Å². The average Bonchev–Trinajstić information content (AvgIpc) is 2.01. The van der Waals surface area contributed by atoms with Gasteiger partial charge in [-0.15, -0.1) is 6.58 Å². The minimum atomic E-state index is -2.86. The van der Waals surface area contributed by atoms with E-state index < -0.39 is 9.84 Å². The highest BCUT2D eigenvalue weighted by atomic mass is 32.2. The topological polar surface area (TPSA) is 46.2 Å². The standard InChI is InChI=1S/C9H19NO2S/c1-4-5-6-7-9(10-2)8-13(3,11)12/h4,9-10H,1,5-8H2,2-3H3. The van der Waals surface area contributed by atoms with E-state index in [0.717, 1.165) is 19.3 Å². The lowest BCUT2D eigenvalue weighted by molar-refractivity contribution is 0.531. The van der Waals surface area contributed by atoms with Crippen molar-refractivity contribution in [3.63, 3.8) is 0 Å². The zero-order chi connectivity index (χ0) is 10.3. The van der Waals surface area contributed by atoms with Crippen molar-refractivity contribution < 1.29 is 8.42 Å². The van der Waals surface area contributed by atoms with Gasteiger partial charge in [0.05, 0.1) is 5.75 Å². The molecule has 3 nitrogen and oxygen atoms in total. The first-order valence-electron chi connectivity index (χ1n) is 4.45. The first-order valence-corrected chi connectivity index (χ1v) is 6.51. The highest BCUT2D eigenvalue weighted by molar-refractivity contribution is 7.90. The fourth-order valence-corrected chi connectivity index (χ4v) is 2.25. The third kappa shape index (κ3) is 7.99. The second-order valence-electron chi connectivity index (χ2n) is 3.30. The first-order chi connectivity index (χ1) is 5.99. The molecule has 0 saturated carbocycles. The maximum Gasteiger partial charge on any atom is 0.148 e. The summed E-state index contributed by atoms with van der Waals surface area (Å²) in [5.41, 5.74) is 0.